The molecular formula is C61H38N2O. The molecule has 0 radical (unpaired) electrons. The Labute approximate surface area is 370 Å². The van der Waals surface area contributed by atoms with E-state index in [9.17, 15) is 0 Å². The first-order valence-corrected chi connectivity index (χ1v) is 22.1. The summed E-state index contributed by atoms with van der Waals surface area (Å²) in [6, 6.07) is 84.5. The van der Waals surface area contributed by atoms with E-state index >= 15 is 0 Å². The summed E-state index contributed by atoms with van der Waals surface area (Å²) in [6.45, 7) is 0. The molecule has 298 valence electrons. The number of furan rings is 1. The highest BCUT2D eigenvalue weighted by molar-refractivity contribution is 6.11. The summed E-state index contributed by atoms with van der Waals surface area (Å²) >= 11 is 0. The van der Waals surface area contributed by atoms with Gasteiger partial charge in [-0.1, -0.05) is 152 Å². The Hall–Kier alpha value is -8.40. The molecule has 0 aliphatic heterocycles. The van der Waals surface area contributed by atoms with Crippen LogP contribution in [0, 0.1) is 0 Å². The van der Waals surface area contributed by atoms with Crippen molar-refractivity contribution in [3.8, 4) is 39.1 Å². The van der Waals surface area contributed by atoms with Crippen molar-refractivity contribution in [2.45, 2.75) is 5.41 Å². The van der Waals surface area contributed by atoms with Crippen LogP contribution in [-0.4, -0.2) is 4.57 Å². The van der Waals surface area contributed by atoms with E-state index in [-0.39, 0.29) is 5.41 Å². The lowest BCUT2D eigenvalue weighted by atomic mass is 9.70. The third-order valence-corrected chi connectivity index (χ3v) is 14.0. The normalized spacial score (nSPS) is 13.1. The maximum absolute atomic E-state index is 6.32. The Balaban J connectivity index is 0.937. The van der Waals surface area contributed by atoms with Crippen molar-refractivity contribution in [3.05, 3.63) is 253 Å². The summed E-state index contributed by atoms with van der Waals surface area (Å²) in [5.41, 5.74) is 21.2. The van der Waals surface area contributed by atoms with Gasteiger partial charge in [-0.15, -0.1) is 0 Å². The molecule has 10 aromatic carbocycles. The first-order valence-electron chi connectivity index (χ1n) is 22.1. The molecule has 0 atom stereocenters. The molecule has 2 aromatic heterocycles. The van der Waals surface area contributed by atoms with Gasteiger partial charge in [0, 0.05) is 44.3 Å². The van der Waals surface area contributed by atoms with Crippen LogP contribution in [0.5, 0.6) is 0 Å². The number of anilines is 3. The van der Waals surface area contributed by atoms with Gasteiger partial charge in [0.05, 0.1) is 16.4 Å². The fourth-order valence-electron chi connectivity index (χ4n) is 11.3. The molecule has 0 unspecified atom stereocenters. The van der Waals surface area contributed by atoms with E-state index in [0.717, 1.165) is 44.7 Å². The molecular weight excluding hydrogens is 777 g/mol. The van der Waals surface area contributed by atoms with E-state index in [2.05, 4.69) is 228 Å². The molecule has 1 spiro atoms. The Morgan fingerprint density at radius 3 is 1.56 bits per heavy atom. The van der Waals surface area contributed by atoms with Crippen molar-refractivity contribution in [3.63, 3.8) is 0 Å². The third-order valence-electron chi connectivity index (χ3n) is 14.0. The summed E-state index contributed by atoms with van der Waals surface area (Å²) in [5.74, 6) is 0. The van der Waals surface area contributed by atoms with Crippen molar-refractivity contribution < 1.29 is 4.42 Å². The van der Waals surface area contributed by atoms with Crippen LogP contribution >= 0.6 is 0 Å². The van der Waals surface area contributed by atoms with Gasteiger partial charge in [0.25, 0.3) is 0 Å². The zero-order valence-corrected chi connectivity index (χ0v) is 34.7. The van der Waals surface area contributed by atoms with E-state index in [1.807, 2.05) is 12.1 Å². The van der Waals surface area contributed by atoms with Gasteiger partial charge in [-0.05, 0) is 134 Å². The van der Waals surface area contributed by atoms with E-state index in [0.29, 0.717) is 0 Å². The van der Waals surface area contributed by atoms with Gasteiger partial charge in [-0.3, -0.25) is 0 Å². The maximum Gasteiger partial charge on any atom is 0.135 e. The van der Waals surface area contributed by atoms with Crippen LogP contribution in [0.1, 0.15) is 22.3 Å². The smallest absolute Gasteiger partial charge is 0.135 e. The molecule has 0 amide bonds. The molecule has 0 saturated carbocycles. The Kier molecular flexibility index (Phi) is 7.32. The molecule has 2 aliphatic rings. The minimum atomic E-state index is -0.385. The fourth-order valence-corrected chi connectivity index (χ4v) is 11.3. The number of hydrogen-bond acceptors (Lipinski definition) is 2. The molecule has 0 saturated heterocycles. The SMILES string of the molecule is c1ccc(-n2c3ccccc3c3cc(N(c4ccc(-c5ccc6c(c5)C5(c7ccccc7-c7ccccc75)c5ccccc5-6)cc4)c4ccc5oc6ccccc6c5c4)ccc32)cc1. The Morgan fingerprint density at radius 2 is 0.844 bits per heavy atom. The first kappa shape index (κ1) is 35.2. The highest BCUT2D eigenvalue weighted by atomic mass is 16.3. The number of rotatable bonds is 5. The summed E-state index contributed by atoms with van der Waals surface area (Å²) in [6.07, 6.45) is 0. The molecule has 14 rings (SSSR count). The van der Waals surface area contributed by atoms with Crippen LogP contribution in [0.3, 0.4) is 0 Å². The minimum absolute atomic E-state index is 0.385. The van der Waals surface area contributed by atoms with E-state index in [4.69, 9.17) is 4.42 Å². The van der Waals surface area contributed by atoms with Crippen molar-refractivity contribution in [2.75, 3.05) is 4.90 Å². The Morgan fingerprint density at radius 1 is 0.328 bits per heavy atom. The topological polar surface area (TPSA) is 21.3 Å². The van der Waals surface area contributed by atoms with Crippen LogP contribution in [0.2, 0.25) is 0 Å². The lowest BCUT2D eigenvalue weighted by molar-refractivity contribution is 0.669. The van der Waals surface area contributed by atoms with Gasteiger partial charge in [-0.25, -0.2) is 0 Å². The van der Waals surface area contributed by atoms with Crippen LogP contribution in [0.25, 0.3) is 82.8 Å². The second-order valence-corrected chi connectivity index (χ2v) is 17.2. The highest BCUT2D eigenvalue weighted by Gasteiger charge is 2.51. The molecule has 64 heavy (non-hydrogen) atoms. The molecule has 0 N–H and O–H groups in total. The summed E-state index contributed by atoms with van der Waals surface area (Å²) in [7, 11) is 0. The van der Waals surface area contributed by atoms with E-state index < -0.39 is 0 Å². The van der Waals surface area contributed by atoms with Crippen LogP contribution in [0.4, 0.5) is 17.1 Å². The van der Waals surface area contributed by atoms with Crippen LogP contribution < -0.4 is 4.90 Å². The van der Waals surface area contributed by atoms with Gasteiger partial charge >= 0.3 is 0 Å². The third kappa shape index (κ3) is 4.81. The lowest BCUT2D eigenvalue weighted by Gasteiger charge is -2.30. The Bertz CT molecular complexity index is 3790. The van der Waals surface area contributed by atoms with Crippen molar-refractivity contribution in [1.82, 2.24) is 4.57 Å². The van der Waals surface area contributed by atoms with Crippen molar-refractivity contribution >= 4 is 60.8 Å². The predicted octanol–water partition coefficient (Wildman–Crippen LogP) is 16.2. The van der Waals surface area contributed by atoms with E-state index in [1.54, 1.807) is 0 Å². The fraction of sp³-hybridized carbons (Fsp3) is 0.0164. The van der Waals surface area contributed by atoms with Gasteiger partial charge < -0.3 is 13.9 Å². The van der Waals surface area contributed by atoms with E-state index in [1.165, 1.54) is 77.4 Å². The molecule has 3 nitrogen and oxygen atoms in total. The zero-order chi connectivity index (χ0) is 41.9. The van der Waals surface area contributed by atoms with Crippen LogP contribution in [-0.2, 0) is 5.41 Å². The molecule has 2 heterocycles. The maximum atomic E-state index is 6.32. The monoisotopic (exact) mass is 814 g/mol. The van der Waals surface area contributed by atoms with Gasteiger partial charge in [-0.2, -0.15) is 0 Å². The number of nitrogens with zero attached hydrogens (tertiary/aromatic N) is 2. The van der Waals surface area contributed by atoms with Gasteiger partial charge in [0.1, 0.15) is 11.2 Å². The molecule has 2 aliphatic carbocycles. The summed E-state index contributed by atoms with van der Waals surface area (Å²) in [5, 5.41) is 4.63. The number of hydrogen-bond donors (Lipinski definition) is 0. The van der Waals surface area contributed by atoms with Crippen LogP contribution in [0.15, 0.2) is 235 Å². The quantitative estimate of drug-likeness (QED) is 0.173. The predicted molar refractivity (Wildman–Crippen MR) is 264 cm³/mol. The first-order chi connectivity index (χ1) is 31.7. The largest absolute Gasteiger partial charge is 0.456 e. The molecule has 0 bridgehead atoms. The van der Waals surface area contributed by atoms with Gasteiger partial charge in [0.15, 0.2) is 0 Å². The van der Waals surface area contributed by atoms with Gasteiger partial charge in [0.2, 0.25) is 0 Å². The summed E-state index contributed by atoms with van der Waals surface area (Å²) < 4.78 is 8.69. The summed E-state index contributed by atoms with van der Waals surface area (Å²) in [4.78, 5) is 2.39. The number of fused-ring (bicyclic) bond motifs is 16. The number of para-hydroxylation sites is 3. The zero-order valence-electron chi connectivity index (χ0n) is 34.7. The molecule has 3 heteroatoms. The molecule has 12 aromatic rings. The van der Waals surface area contributed by atoms with Crippen molar-refractivity contribution in [2.24, 2.45) is 0 Å². The van der Waals surface area contributed by atoms with Crippen molar-refractivity contribution in [1.29, 1.82) is 0 Å². The number of aromatic nitrogens is 1. The second kappa shape index (κ2) is 13.3. The second-order valence-electron chi connectivity index (χ2n) is 17.2. The highest BCUT2D eigenvalue weighted by Crippen LogP contribution is 2.63. The standard InChI is InChI=1S/C61H38N2O/c1-2-14-41(15-3-1)63-57-24-12-7-19-49(57)51-37-43(31-34-58(51)63)62(44-32-35-60-52(38-44)50-20-8-13-25-59(50)64-60)42-29-26-39(27-30-42)40-28-33-48-47-18-6-11-23-55(47)61(56(48)36-40)53-21-9-4-16-45(53)46-17-5-10-22-54(46)61/h1-38H. The average molecular weight is 815 g/mol. The molecule has 0 fully saturated rings. The number of benzene rings is 10. The minimum Gasteiger partial charge on any atom is -0.456 e. The lowest BCUT2D eigenvalue weighted by Crippen LogP contribution is -2.25. The average Bonchev–Trinajstić information content (AvgIpc) is 4.08.